The number of hydrogen-bond acceptors (Lipinski definition) is 2. The van der Waals surface area contributed by atoms with Crippen molar-refractivity contribution in [2.45, 2.75) is 18.9 Å². The fourth-order valence-electron chi connectivity index (χ4n) is 3.99. The van der Waals surface area contributed by atoms with E-state index in [1.165, 1.54) is 34.2 Å². The Bertz CT molecular complexity index is 872. The monoisotopic (exact) mass is 301 g/mol. The highest BCUT2D eigenvalue weighted by Gasteiger charge is 2.22. The molecule has 1 atom stereocenters. The standard InChI is InChI=1S/C20H19N3/c1-2-4-18-14(3-1)11-16-12-15(5-6-19(16)18)20-22-9-10-23(20)17-7-8-21-13-17/h1-6,9-10,12,17,21H,7-8,11,13H2/t17-/m1/s1. The summed E-state index contributed by atoms with van der Waals surface area (Å²) in [6, 6.07) is 16.1. The molecule has 114 valence electrons. The van der Waals surface area contributed by atoms with Crippen molar-refractivity contribution in [3.63, 3.8) is 0 Å². The van der Waals surface area contributed by atoms with Crippen LogP contribution in [0.25, 0.3) is 22.5 Å². The zero-order valence-electron chi connectivity index (χ0n) is 13.0. The van der Waals surface area contributed by atoms with E-state index in [0.29, 0.717) is 6.04 Å². The van der Waals surface area contributed by atoms with Gasteiger partial charge in [-0.25, -0.2) is 4.98 Å². The van der Waals surface area contributed by atoms with E-state index in [1.54, 1.807) is 0 Å². The van der Waals surface area contributed by atoms with E-state index in [2.05, 4.69) is 63.5 Å². The van der Waals surface area contributed by atoms with Crippen molar-refractivity contribution in [2.24, 2.45) is 0 Å². The lowest BCUT2D eigenvalue weighted by Crippen LogP contribution is -2.13. The summed E-state index contributed by atoms with van der Waals surface area (Å²) in [5, 5.41) is 3.44. The molecule has 3 heteroatoms. The molecule has 0 unspecified atom stereocenters. The molecular formula is C20H19N3. The van der Waals surface area contributed by atoms with Gasteiger partial charge in [-0.1, -0.05) is 36.4 Å². The van der Waals surface area contributed by atoms with Crippen LogP contribution in [0, 0.1) is 0 Å². The molecule has 1 fully saturated rings. The van der Waals surface area contributed by atoms with E-state index in [9.17, 15) is 0 Å². The summed E-state index contributed by atoms with van der Waals surface area (Å²) >= 11 is 0. The number of rotatable bonds is 2. The molecular weight excluding hydrogens is 282 g/mol. The highest BCUT2D eigenvalue weighted by Crippen LogP contribution is 2.38. The van der Waals surface area contributed by atoms with Crippen molar-refractivity contribution in [2.75, 3.05) is 13.1 Å². The second kappa shape index (κ2) is 5.07. The molecule has 1 saturated heterocycles. The van der Waals surface area contributed by atoms with E-state index in [4.69, 9.17) is 0 Å². The molecule has 1 aromatic heterocycles. The predicted octanol–water partition coefficient (Wildman–Crippen LogP) is 3.66. The highest BCUT2D eigenvalue weighted by molar-refractivity contribution is 5.79. The number of hydrogen-bond donors (Lipinski definition) is 1. The summed E-state index contributed by atoms with van der Waals surface area (Å²) in [5.41, 5.74) is 6.85. The molecule has 0 bridgehead atoms. The molecule has 1 N–H and O–H groups in total. The Hall–Kier alpha value is -2.39. The molecule has 0 amide bonds. The molecule has 1 aliphatic heterocycles. The van der Waals surface area contributed by atoms with Crippen molar-refractivity contribution >= 4 is 0 Å². The lowest BCUT2D eigenvalue weighted by atomic mass is 10.0. The minimum atomic E-state index is 0.526. The first-order valence-electron chi connectivity index (χ1n) is 8.35. The Labute approximate surface area is 136 Å². The maximum Gasteiger partial charge on any atom is 0.140 e. The average molecular weight is 301 g/mol. The van der Waals surface area contributed by atoms with Gasteiger partial charge in [0.2, 0.25) is 0 Å². The van der Waals surface area contributed by atoms with Crippen LogP contribution in [0.3, 0.4) is 0 Å². The molecule has 0 saturated carbocycles. The van der Waals surface area contributed by atoms with Crippen LogP contribution in [0.2, 0.25) is 0 Å². The molecule has 3 nitrogen and oxygen atoms in total. The van der Waals surface area contributed by atoms with Crippen molar-refractivity contribution in [1.29, 1.82) is 0 Å². The molecule has 1 aliphatic carbocycles. The average Bonchev–Trinajstić information content (AvgIpc) is 3.32. The minimum Gasteiger partial charge on any atom is -0.327 e. The van der Waals surface area contributed by atoms with Crippen LogP contribution in [0.5, 0.6) is 0 Å². The molecule has 2 aromatic carbocycles. The van der Waals surface area contributed by atoms with Gasteiger partial charge in [0.1, 0.15) is 5.82 Å². The van der Waals surface area contributed by atoms with E-state index in [1.807, 2.05) is 6.20 Å². The van der Waals surface area contributed by atoms with Crippen LogP contribution in [-0.4, -0.2) is 22.6 Å². The molecule has 0 radical (unpaired) electrons. The van der Waals surface area contributed by atoms with Crippen LogP contribution in [0.4, 0.5) is 0 Å². The van der Waals surface area contributed by atoms with Gasteiger partial charge in [-0.3, -0.25) is 0 Å². The quantitative estimate of drug-likeness (QED) is 0.612. The van der Waals surface area contributed by atoms with Crippen molar-refractivity contribution in [3.8, 4) is 22.5 Å². The Kier molecular flexibility index (Phi) is 2.88. The first kappa shape index (κ1) is 13.1. The topological polar surface area (TPSA) is 29.9 Å². The van der Waals surface area contributed by atoms with Gasteiger partial charge in [0.25, 0.3) is 0 Å². The Morgan fingerprint density at radius 1 is 1.04 bits per heavy atom. The Morgan fingerprint density at radius 3 is 2.87 bits per heavy atom. The maximum atomic E-state index is 4.64. The molecule has 23 heavy (non-hydrogen) atoms. The SMILES string of the molecule is c1ccc2c(c1)Cc1cc(-c3nccn3[C@@H]3CCNC3)ccc1-2. The molecule has 3 aromatic rings. The van der Waals surface area contributed by atoms with E-state index >= 15 is 0 Å². The fourth-order valence-corrected chi connectivity index (χ4v) is 3.99. The lowest BCUT2D eigenvalue weighted by molar-refractivity contribution is 0.552. The lowest BCUT2D eigenvalue weighted by Gasteiger charge is -2.15. The van der Waals surface area contributed by atoms with E-state index in [-0.39, 0.29) is 0 Å². The van der Waals surface area contributed by atoms with E-state index in [0.717, 1.165) is 25.3 Å². The predicted molar refractivity (Wildman–Crippen MR) is 92.4 cm³/mol. The molecule has 0 spiro atoms. The highest BCUT2D eigenvalue weighted by atomic mass is 15.1. The summed E-state index contributed by atoms with van der Waals surface area (Å²) in [5.74, 6) is 1.09. The third-order valence-corrected chi connectivity index (χ3v) is 5.15. The van der Waals surface area contributed by atoms with Crippen LogP contribution < -0.4 is 5.32 Å². The van der Waals surface area contributed by atoms with Gasteiger partial charge in [0.05, 0.1) is 0 Å². The van der Waals surface area contributed by atoms with Gasteiger partial charge in [-0.05, 0) is 47.7 Å². The summed E-state index contributed by atoms with van der Waals surface area (Å²) in [6.45, 7) is 2.14. The van der Waals surface area contributed by atoms with Crippen LogP contribution >= 0.6 is 0 Å². The number of imidazole rings is 1. The first-order valence-corrected chi connectivity index (χ1v) is 8.35. The molecule has 5 rings (SSSR count). The van der Waals surface area contributed by atoms with Gasteiger partial charge < -0.3 is 9.88 Å². The van der Waals surface area contributed by atoms with Crippen LogP contribution in [0.1, 0.15) is 23.6 Å². The normalized spacial score (nSPS) is 18.9. The van der Waals surface area contributed by atoms with Gasteiger partial charge >= 0.3 is 0 Å². The summed E-state index contributed by atoms with van der Waals surface area (Å²) in [7, 11) is 0. The smallest absolute Gasteiger partial charge is 0.140 e. The summed E-state index contributed by atoms with van der Waals surface area (Å²) in [6.07, 6.45) is 6.26. The number of benzene rings is 2. The summed E-state index contributed by atoms with van der Waals surface area (Å²) in [4.78, 5) is 4.64. The third-order valence-electron chi connectivity index (χ3n) is 5.15. The number of nitrogens with one attached hydrogen (secondary N) is 1. The Balaban J connectivity index is 1.57. The van der Waals surface area contributed by atoms with Crippen LogP contribution in [0.15, 0.2) is 54.9 Å². The second-order valence-electron chi connectivity index (χ2n) is 6.51. The van der Waals surface area contributed by atoms with Gasteiger partial charge in [-0.2, -0.15) is 0 Å². The second-order valence-corrected chi connectivity index (χ2v) is 6.51. The first-order chi connectivity index (χ1) is 11.4. The van der Waals surface area contributed by atoms with Gasteiger partial charge in [0, 0.05) is 30.5 Å². The zero-order valence-corrected chi connectivity index (χ0v) is 13.0. The van der Waals surface area contributed by atoms with Crippen molar-refractivity contribution in [3.05, 3.63) is 66.0 Å². The Morgan fingerprint density at radius 2 is 1.96 bits per heavy atom. The zero-order chi connectivity index (χ0) is 15.2. The largest absolute Gasteiger partial charge is 0.327 e. The van der Waals surface area contributed by atoms with Crippen LogP contribution in [-0.2, 0) is 6.42 Å². The summed E-state index contributed by atoms with van der Waals surface area (Å²) < 4.78 is 2.34. The van der Waals surface area contributed by atoms with E-state index < -0.39 is 0 Å². The molecule has 2 aliphatic rings. The molecule has 2 heterocycles. The van der Waals surface area contributed by atoms with Gasteiger partial charge in [-0.15, -0.1) is 0 Å². The van der Waals surface area contributed by atoms with Gasteiger partial charge in [0.15, 0.2) is 0 Å². The number of nitrogens with zero attached hydrogens (tertiary/aromatic N) is 2. The number of fused-ring (bicyclic) bond motifs is 3. The third kappa shape index (κ3) is 2.04. The van der Waals surface area contributed by atoms with Crippen molar-refractivity contribution in [1.82, 2.24) is 14.9 Å². The fraction of sp³-hybridized carbons (Fsp3) is 0.250. The number of aromatic nitrogens is 2. The van der Waals surface area contributed by atoms with Crippen molar-refractivity contribution < 1.29 is 0 Å². The minimum absolute atomic E-state index is 0.526. The maximum absolute atomic E-state index is 4.64.